The van der Waals surface area contributed by atoms with Crippen LogP contribution in [0.4, 0.5) is 14.9 Å². The van der Waals surface area contributed by atoms with Crippen molar-refractivity contribution in [2.75, 3.05) is 25.6 Å². The summed E-state index contributed by atoms with van der Waals surface area (Å²) in [6, 6.07) is 4.15. The molecule has 0 radical (unpaired) electrons. The number of aliphatic carboxylic acids is 1. The van der Waals surface area contributed by atoms with Crippen LogP contribution in [0.25, 0.3) is 0 Å². The van der Waals surface area contributed by atoms with E-state index in [2.05, 4.69) is 0 Å². The van der Waals surface area contributed by atoms with Crippen molar-refractivity contribution in [1.82, 2.24) is 4.90 Å². The Hall–Kier alpha value is -2.15. The molecule has 1 heterocycles. The van der Waals surface area contributed by atoms with Gasteiger partial charge < -0.3 is 14.7 Å². The summed E-state index contributed by atoms with van der Waals surface area (Å²) in [6.45, 7) is 0.200. The number of nitrogens with zero attached hydrogens (tertiary/aromatic N) is 2. The Balaban J connectivity index is 2.19. The number of rotatable bonds is 3. The summed E-state index contributed by atoms with van der Waals surface area (Å²) in [5.74, 6) is -1.53. The van der Waals surface area contributed by atoms with Crippen molar-refractivity contribution in [2.45, 2.75) is 18.6 Å². The van der Waals surface area contributed by atoms with Gasteiger partial charge in [-0.05, 0) is 18.2 Å². The molecule has 21 heavy (non-hydrogen) atoms. The number of anilines is 1. The van der Waals surface area contributed by atoms with Crippen molar-refractivity contribution >= 4 is 17.7 Å². The zero-order valence-corrected chi connectivity index (χ0v) is 11.8. The van der Waals surface area contributed by atoms with Gasteiger partial charge in [0.05, 0.1) is 6.10 Å². The monoisotopic (exact) mass is 296 g/mol. The Morgan fingerprint density at radius 1 is 1.48 bits per heavy atom. The SMILES string of the molecule is COC1CC(C(=O)O)N(C(=O)N(C)c2cccc(F)c2)C1. The van der Waals surface area contributed by atoms with E-state index in [4.69, 9.17) is 4.74 Å². The van der Waals surface area contributed by atoms with Crippen LogP contribution in [0.3, 0.4) is 0 Å². The van der Waals surface area contributed by atoms with E-state index in [9.17, 15) is 19.1 Å². The molecule has 1 fully saturated rings. The second kappa shape index (κ2) is 6.09. The van der Waals surface area contributed by atoms with Crippen LogP contribution in [0.15, 0.2) is 24.3 Å². The van der Waals surface area contributed by atoms with Crippen molar-refractivity contribution < 1.29 is 23.8 Å². The van der Waals surface area contributed by atoms with E-state index in [-0.39, 0.29) is 19.1 Å². The van der Waals surface area contributed by atoms with Crippen molar-refractivity contribution in [3.05, 3.63) is 30.1 Å². The number of benzene rings is 1. The minimum absolute atomic E-state index is 0.200. The first kappa shape index (κ1) is 15.2. The maximum atomic E-state index is 13.2. The number of methoxy groups -OCH3 is 1. The fourth-order valence-electron chi connectivity index (χ4n) is 2.40. The zero-order chi connectivity index (χ0) is 15.6. The summed E-state index contributed by atoms with van der Waals surface area (Å²) in [7, 11) is 2.96. The molecule has 0 bridgehead atoms. The van der Waals surface area contributed by atoms with Crippen LogP contribution in [0.1, 0.15) is 6.42 Å². The van der Waals surface area contributed by atoms with Gasteiger partial charge in [0, 0.05) is 32.8 Å². The van der Waals surface area contributed by atoms with Gasteiger partial charge in [-0.1, -0.05) is 6.07 Å². The fraction of sp³-hybridized carbons (Fsp3) is 0.429. The molecule has 0 aliphatic carbocycles. The molecule has 2 amide bonds. The van der Waals surface area contributed by atoms with E-state index in [1.165, 1.54) is 42.2 Å². The fourth-order valence-corrected chi connectivity index (χ4v) is 2.40. The molecule has 7 heteroatoms. The lowest BCUT2D eigenvalue weighted by Gasteiger charge is -2.27. The van der Waals surface area contributed by atoms with E-state index in [1.807, 2.05) is 0 Å². The van der Waals surface area contributed by atoms with Crippen LogP contribution >= 0.6 is 0 Å². The number of urea groups is 1. The minimum Gasteiger partial charge on any atom is -0.480 e. The normalized spacial score (nSPS) is 21.4. The van der Waals surface area contributed by atoms with Gasteiger partial charge in [-0.15, -0.1) is 0 Å². The lowest BCUT2D eigenvalue weighted by molar-refractivity contribution is -0.141. The highest BCUT2D eigenvalue weighted by atomic mass is 19.1. The highest BCUT2D eigenvalue weighted by Gasteiger charge is 2.41. The van der Waals surface area contributed by atoms with Crippen LogP contribution in [0, 0.1) is 5.82 Å². The van der Waals surface area contributed by atoms with Crippen molar-refractivity contribution in [3.8, 4) is 0 Å². The van der Waals surface area contributed by atoms with E-state index < -0.39 is 23.9 Å². The smallest absolute Gasteiger partial charge is 0.326 e. The maximum Gasteiger partial charge on any atom is 0.326 e. The summed E-state index contributed by atoms with van der Waals surface area (Å²) in [6.07, 6.45) is -0.0647. The molecule has 2 unspecified atom stereocenters. The first-order chi connectivity index (χ1) is 9.93. The van der Waals surface area contributed by atoms with Gasteiger partial charge in [0.15, 0.2) is 0 Å². The van der Waals surface area contributed by atoms with E-state index in [0.29, 0.717) is 5.69 Å². The van der Waals surface area contributed by atoms with Crippen LogP contribution in [0.5, 0.6) is 0 Å². The molecule has 6 nitrogen and oxygen atoms in total. The lowest BCUT2D eigenvalue weighted by Crippen LogP contribution is -2.47. The first-order valence-corrected chi connectivity index (χ1v) is 6.49. The molecule has 1 saturated heterocycles. The predicted octanol–water partition coefficient (Wildman–Crippen LogP) is 1.56. The molecule has 1 aliphatic heterocycles. The number of hydrogen-bond donors (Lipinski definition) is 1. The average molecular weight is 296 g/mol. The van der Waals surface area contributed by atoms with Crippen LogP contribution < -0.4 is 4.90 Å². The van der Waals surface area contributed by atoms with E-state index >= 15 is 0 Å². The Morgan fingerprint density at radius 2 is 2.19 bits per heavy atom. The molecular weight excluding hydrogens is 279 g/mol. The third-order valence-corrected chi connectivity index (χ3v) is 3.61. The third-order valence-electron chi connectivity index (χ3n) is 3.61. The second-order valence-electron chi connectivity index (χ2n) is 4.92. The van der Waals surface area contributed by atoms with E-state index in [1.54, 1.807) is 6.07 Å². The largest absolute Gasteiger partial charge is 0.480 e. The number of carbonyl (C=O) groups excluding carboxylic acids is 1. The number of hydrogen-bond acceptors (Lipinski definition) is 3. The van der Waals surface area contributed by atoms with Gasteiger partial charge in [0.25, 0.3) is 0 Å². The molecule has 114 valence electrons. The standard InChI is InChI=1S/C14H17FN2O4/c1-16(10-5-3-4-9(15)6-10)14(20)17-8-11(21-2)7-12(17)13(18)19/h3-6,11-12H,7-8H2,1-2H3,(H,18,19). The quantitative estimate of drug-likeness (QED) is 0.919. The van der Waals surface area contributed by atoms with Gasteiger partial charge in [0.2, 0.25) is 0 Å². The third kappa shape index (κ3) is 3.13. The number of carbonyl (C=O) groups is 2. The minimum atomic E-state index is -1.07. The van der Waals surface area contributed by atoms with Gasteiger partial charge in [-0.25, -0.2) is 14.0 Å². The van der Waals surface area contributed by atoms with Crippen molar-refractivity contribution in [3.63, 3.8) is 0 Å². The molecule has 0 spiro atoms. The van der Waals surface area contributed by atoms with Gasteiger partial charge >= 0.3 is 12.0 Å². The van der Waals surface area contributed by atoms with Gasteiger partial charge in [0.1, 0.15) is 11.9 Å². The van der Waals surface area contributed by atoms with Crippen LogP contribution in [-0.2, 0) is 9.53 Å². The number of likely N-dealkylation sites (tertiary alicyclic amines) is 1. The number of carboxylic acid groups (broad SMARTS) is 1. The maximum absolute atomic E-state index is 13.2. The van der Waals surface area contributed by atoms with Crippen LogP contribution in [0.2, 0.25) is 0 Å². The molecule has 2 atom stereocenters. The molecule has 1 N–H and O–H groups in total. The molecule has 1 aliphatic rings. The number of halogens is 1. The first-order valence-electron chi connectivity index (χ1n) is 6.49. The summed E-state index contributed by atoms with van der Waals surface area (Å²) in [5, 5.41) is 9.21. The summed E-state index contributed by atoms with van der Waals surface area (Å²) < 4.78 is 18.4. The molecular formula is C14H17FN2O4. The molecule has 1 aromatic carbocycles. The second-order valence-corrected chi connectivity index (χ2v) is 4.92. The molecule has 1 aromatic rings. The van der Waals surface area contributed by atoms with Gasteiger partial charge in [-0.2, -0.15) is 0 Å². The summed E-state index contributed by atoms with van der Waals surface area (Å²) in [4.78, 5) is 26.2. The predicted molar refractivity (Wildman–Crippen MR) is 73.7 cm³/mol. The Labute approximate surface area is 121 Å². The van der Waals surface area contributed by atoms with Crippen molar-refractivity contribution in [2.24, 2.45) is 0 Å². The van der Waals surface area contributed by atoms with E-state index in [0.717, 1.165) is 0 Å². The summed E-state index contributed by atoms with van der Waals surface area (Å²) in [5.41, 5.74) is 0.366. The van der Waals surface area contributed by atoms with Crippen molar-refractivity contribution in [1.29, 1.82) is 0 Å². The lowest BCUT2D eigenvalue weighted by atomic mass is 10.2. The Bertz CT molecular complexity index is 552. The highest BCUT2D eigenvalue weighted by molar-refractivity contribution is 5.94. The molecule has 0 saturated carbocycles. The van der Waals surface area contributed by atoms with Gasteiger partial charge in [-0.3, -0.25) is 4.90 Å². The number of ether oxygens (including phenoxy) is 1. The number of carboxylic acids is 1. The molecule has 2 rings (SSSR count). The highest BCUT2D eigenvalue weighted by Crippen LogP contribution is 2.24. The topological polar surface area (TPSA) is 70.1 Å². The zero-order valence-electron chi connectivity index (χ0n) is 11.8. The Morgan fingerprint density at radius 3 is 2.76 bits per heavy atom. The average Bonchev–Trinajstić information content (AvgIpc) is 2.90. The summed E-state index contributed by atoms with van der Waals surface area (Å²) >= 11 is 0. The Kier molecular flexibility index (Phi) is 4.42. The van der Waals surface area contributed by atoms with Crippen LogP contribution in [-0.4, -0.2) is 54.9 Å². The molecule has 0 aromatic heterocycles. The number of amides is 2.